The summed E-state index contributed by atoms with van der Waals surface area (Å²) in [5.41, 5.74) is -2.30. The van der Waals surface area contributed by atoms with Gasteiger partial charge in [-0.3, -0.25) is 4.79 Å². The fourth-order valence-electron chi connectivity index (χ4n) is 4.82. The van der Waals surface area contributed by atoms with E-state index in [1.165, 1.54) is 25.3 Å². The highest BCUT2D eigenvalue weighted by Crippen LogP contribution is 2.42. The Bertz CT molecular complexity index is 1460. The number of phenols is 1. The van der Waals surface area contributed by atoms with E-state index in [1.807, 2.05) is 0 Å². The lowest BCUT2D eigenvalue weighted by Crippen LogP contribution is -2.60. The van der Waals surface area contributed by atoms with Crippen LogP contribution in [0.4, 0.5) is 0 Å². The molecule has 0 spiro atoms. The van der Waals surface area contributed by atoms with E-state index in [1.54, 1.807) is 13.0 Å². The minimum Gasteiger partial charge on any atom is -0.506 e. The molecule has 5 rings (SSSR count). The van der Waals surface area contributed by atoms with Crippen molar-refractivity contribution in [1.29, 1.82) is 0 Å². The number of benzene rings is 2. The molecule has 8 atom stereocenters. The van der Waals surface area contributed by atoms with Crippen LogP contribution in [-0.4, -0.2) is 111 Å². The van der Waals surface area contributed by atoms with E-state index in [9.17, 15) is 40.5 Å². The molecule has 0 unspecified atom stereocenters. The van der Waals surface area contributed by atoms with Crippen molar-refractivity contribution in [2.75, 3.05) is 26.9 Å². The Labute approximate surface area is 226 Å². The Kier molecular flexibility index (Phi) is 7.64. The molecule has 0 saturated carbocycles. The molecular formula is C26H30O14. The van der Waals surface area contributed by atoms with Crippen molar-refractivity contribution < 1.29 is 63.8 Å². The van der Waals surface area contributed by atoms with Gasteiger partial charge in [-0.05, 0) is 24.4 Å². The number of aryl methyl sites for hydroxylation is 1. The summed E-state index contributed by atoms with van der Waals surface area (Å²) < 4.78 is 33.1. The van der Waals surface area contributed by atoms with Crippen LogP contribution in [0.25, 0.3) is 21.7 Å². The van der Waals surface area contributed by atoms with Gasteiger partial charge in [-0.2, -0.15) is 0 Å². The average Bonchev–Trinajstić information content (AvgIpc) is 3.21. The van der Waals surface area contributed by atoms with Crippen LogP contribution in [-0.2, 0) is 14.2 Å². The summed E-state index contributed by atoms with van der Waals surface area (Å²) in [5.74, 6) is 0.0921. The van der Waals surface area contributed by atoms with E-state index >= 15 is 0 Å². The van der Waals surface area contributed by atoms with Gasteiger partial charge in [0.05, 0.1) is 32.3 Å². The number of methoxy groups -OCH3 is 1. The Balaban J connectivity index is 1.45. The van der Waals surface area contributed by atoms with Gasteiger partial charge in [-0.1, -0.05) is 0 Å². The summed E-state index contributed by atoms with van der Waals surface area (Å²) in [5, 5.41) is 72.7. The zero-order valence-corrected chi connectivity index (χ0v) is 21.5. The maximum absolute atomic E-state index is 12.6. The Hall–Kier alpha value is -3.05. The van der Waals surface area contributed by atoms with Gasteiger partial charge >= 0.3 is 0 Å². The Morgan fingerprint density at radius 1 is 1.02 bits per heavy atom. The molecule has 2 aromatic carbocycles. The third-order valence-electron chi connectivity index (χ3n) is 7.12. The lowest BCUT2D eigenvalue weighted by molar-refractivity contribution is -0.289. The van der Waals surface area contributed by atoms with Crippen molar-refractivity contribution >= 4 is 21.7 Å². The summed E-state index contributed by atoms with van der Waals surface area (Å²) in [6, 6.07) is 5.68. The summed E-state index contributed by atoms with van der Waals surface area (Å²) >= 11 is 0. The maximum Gasteiger partial charge on any atom is 0.229 e. The third-order valence-corrected chi connectivity index (χ3v) is 7.12. The zero-order chi connectivity index (χ0) is 28.9. The predicted molar refractivity (Wildman–Crippen MR) is 134 cm³/mol. The molecule has 2 fully saturated rings. The first kappa shape index (κ1) is 28.5. The van der Waals surface area contributed by atoms with E-state index in [0.29, 0.717) is 11.1 Å². The largest absolute Gasteiger partial charge is 0.506 e. The second-order valence-corrected chi connectivity index (χ2v) is 9.90. The van der Waals surface area contributed by atoms with Gasteiger partial charge in [0.25, 0.3) is 0 Å². The number of hydrogen-bond donors (Lipinski definition) is 7. The smallest absolute Gasteiger partial charge is 0.229 e. The van der Waals surface area contributed by atoms with Crippen LogP contribution in [0.1, 0.15) is 5.76 Å². The van der Waals surface area contributed by atoms with Crippen molar-refractivity contribution in [3.8, 4) is 17.2 Å². The van der Waals surface area contributed by atoms with Gasteiger partial charge in [0.1, 0.15) is 70.1 Å². The van der Waals surface area contributed by atoms with Crippen molar-refractivity contribution in [2.45, 2.75) is 55.6 Å². The van der Waals surface area contributed by atoms with Gasteiger partial charge in [-0.15, -0.1) is 0 Å². The number of fused-ring (bicyclic) bond motifs is 2. The molecule has 14 nitrogen and oxygen atoms in total. The molecule has 2 aliphatic rings. The van der Waals surface area contributed by atoms with Gasteiger partial charge in [0, 0.05) is 12.1 Å². The number of aliphatic hydroxyl groups is 6. The quantitative estimate of drug-likeness (QED) is 0.164. The fraction of sp³-hybridized carbons (Fsp3) is 0.500. The fourth-order valence-corrected chi connectivity index (χ4v) is 4.82. The highest BCUT2D eigenvalue weighted by Gasteiger charge is 2.50. The van der Waals surface area contributed by atoms with Crippen molar-refractivity contribution in [3.05, 3.63) is 40.2 Å². The van der Waals surface area contributed by atoms with Crippen molar-refractivity contribution in [1.82, 2.24) is 0 Å². The molecule has 0 aliphatic carbocycles. The molecule has 0 radical (unpaired) electrons. The zero-order valence-electron chi connectivity index (χ0n) is 21.5. The normalized spacial score (nSPS) is 32.5. The van der Waals surface area contributed by atoms with E-state index in [2.05, 4.69) is 0 Å². The molecule has 0 amide bonds. The summed E-state index contributed by atoms with van der Waals surface area (Å²) in [7, 11) is 1.40. The lowest BCUT2D eigenvalue weighted by atomic mass is 9.99. The minimum atomic E-state index is -1.94. The molecule has 2 saturated heterocycles. The number of phenolic OH excluding ortho intramolecular Hbond substituents is 1. The molecule has 14 heteroatoms. The predicted octanol–water partition coefficient (Wildman–Crippen LogP) is -1.39. The van der Waals surface area contributed by atoms with Crippen LogP contribution in [0, 0.1) is 6.92 Å². The summed E-state index contributed by atoms with van der Waals surface area (Å²) in [4.78, 5) is 12.6. The van der Waals surface area contributed by atoms with Crippen LogP contribution < -0.4 is 14.9 Å². The second kappa shape index (κ2) is 10.7. The Morgan fingerprint density at radius 3 is 2.45 bits per heavy atom. The third kappa shape index (κ3) is 4.87. The molecule has 2 aliphatic heterocycles. The number of ether oxygens (including phenoxy) is 5. The molecular weight excluding hydrogens is 536 g/mol. The second-order valence-electron chi connectivity index (χ2n) is 9.90. The molecule has 3 aromatic rings. The SMILES string of the molecule is COc1cc(O[C@@H]2O[C@H](CO[C@@H]3OC[C@](O)(CO)[C@H]3O)[C@@H](O)[C@H](O)[C@H]2O)c2c(O)c3c(=O)cc(C)oc3cc2c1. The first-order valence-corrected chi connectivity index (χ1v) is 12.4. The highest BCUT2D eigenvalue weighted by atomic mass is 16.7. The number of aliphatic hydroxyl groups excluding tert-OH is 5. The molecule has 7 N–H and O–H groups in total. The van der Waals surface area contributed by atoms with E-state index in [-0.39, 0.29) is 27.9 Å². The van der Waals surface area contributed by atoms with Gasteiger partial charge < -0.3 is 63.8 Å². The molecule has 0 bridgehead atoms. The molecule has 3 heterocycles. The molecule has 40 heavy (non-hydrogen) atoms. The molecule has 1 aromatic heterocycles. The van der Waals surface area contributed by atoms with Crippen molar-refractivity contribution in [2.24, 2.45) is 0 Å². The first-order chi connectivity index (χ1) is 19.0. The average molecular weight is 567 g/mol. The van der Waals surface area contributed by atoms with Gasteiger partial charge in [0.2, 0.25) is 6.29 Å². The summed E-state index contributed by atoms with van der Waals surface area (Å²) in [6.45, 7) is -0.0789. The number of rotatable bonds is 7. The Morgan fingerprint density at radius 2 is 1.77 bits per heavy atom. The monoisotopic (exact) mass is 566 g/mol. The van der Waals surface area contributed by atoms with Crippen LogP contribution in [0.15, 0.2) is 33.5 Å². The van der Waals surface area contributed by atoms with Crippen molar-refractivity contribution in [3.63, 3.8) is 0 Å². The van der Waals surface area contributed by atoms with Gasteiger partial charge in [0.15, 0.2) is 11.7 Å². The van der Waals surface area contributed by atoms with Gasteiger partial charge in [-0.25, -0.2) is 0 Å². The highest BCUT2D eigenvalue weighted by molar-refractivity contribution is 6.06. The van der Waals surface area contributed by atoms with E-state index in [0.717, 1.165) is 0 Å². The van der Waals surface area contributed by atoms with E-state index in [4.69, 9.17) is 28.1 Å². The molecule has 218 valence electrons. The standard InChI is InChI=1S/C26H30O14/c1-10-3-13(28)18-14(38-10)5-11-4-12(35-2)6-15(17(11)20(18)30)39-24-22(32)21(31)19(29)16(40-24)7-36-25-23(33)26(34,8-27)9-37-25/h3-6,16,19,21-25,27,29-34H,7-9H2,1-2H3/t16-,19-,21+,22-,23+,24-,25-,26-/m1/s1. The van der Waals surface area contributed by atoms with E-state index < -0.39 is 79.7 Å². The van der Waals surface area contributed by atoms with Crippen LogP contribution >= 0.6 is 0 Å². The van der Waals surface area contributed by atoms with Crippen LogP contribution in [0.2, 0.25) is 0 Å². The number of aromatic hydroxyl groups is 1. The topological polar surface area (TPSA) is 218 Å². The summed E-state index contributed by atoms with van der Waals surface area (Å²) in [6.07, 6.45) is -11.1. The van der Waals surface area contributed by atoms with Crippen LogP contribution in [0.5, 0.6) is 17.2 Å². The minimum absolute atomic E-state index is 0.0689. The number of hydrogen-bond acceptors (Lipinski definition) is 14. The lowest BCUT2D eigenvalue weighted by Gasteiger charge is -2.40. The van der Waals surface area contributed by atoms with Crippen LogP contribution in [0.3, 0.4) is 0 Å². The first-order valence-electron chi connectivity index (χ1n) is 12.4. The maximum atomic E-state index is 12.6.